The molecular weight excluding hydrogens is 234 g/mol. The molecule has 4 atom stereocenters. The zero-order valence-electron chi connectivity index (χ0n) is 13.5. The highest BCUT2D eigenvalue weighted by atomic mass is 16.5. The zero-order valence-corrected chi connectivity index (χ0v) is 13.5. The molecule has 4 unspecified atom stereocenters. The van der Waals surface area contributed by atoms with Gasteiger partial charge in [-0.2, -0.15) is 0 Å². The number of hydrogen-bond acceptors (Lipinski definition) is 2. The van der Waals surface area contributed by atoms with E-state index in [1.807, 2.05) is 0 Å². The summed E-state index contributed by atoms with van der Waals surface area (Å²) in [4.78, 5) is 0. The Labute approximate surface area is 119 Å². The number of nitrogens with one attached hydrogen (secondary N) is 1. The van der Waals surface area contributed by atoms with Crippen molar-refractivity contribution in [1.29, 1.82) is 0 Å². The molecule has 2 rings (SSSR count). The fourth-order valence-corrected chi connectivity index (χ4v) is 4.21. The molecule has 0 radical (unpaired) electrons. The predicted molar refractivity (Wildman–Crippen MR) is 81.4 cm³/mol. The van der Waals surface area contributed by atoms with Crippen molar-refractivity contribution in [3.8, 4) is 0 Å². The summed E-state index contributed by atoms with van der Waals surface area (Å²) in [6.07, 6.45) is 8.77. The lowest BCUT2D eigenvalue weighted by atomic mass is 9.69. The lowest BCUT2D eigenvalue weighted by molar-refractivity contribution is -0.0468. The summed E-state index contributed by atoms with van der Waals surface area (Å²) >= 11 is 0. The van der Waals surface area contributed by atoms with Crippen LogP contribution in [0.5, 0.6) is 0 Å². The molecule has 1 saturated heterocycles. The second-order valence-corrected chi connectivity index (χ2v) is 7.96. The van der Waals surface area contributed by atoms with Gasteiger partial charge in [0.2, 0.25) is 0 Å². The normalized spacial score (nSPS) is 41.2. The van der Waals surface area contributed by atoms with E-state index in [0.29, 0.717) is 23.7 Å². The molecule has 19 heavy (non-hydrogen) atoms. The minimum atomic E-state index is 0.415. The quantitative estimate of drug-likeness (QED) is 0.812. The third-order valence-electron chi connectivity index (χ3n) is 5.03. The fraction of sp³-hybridized carbons (Fsp3) is 1.00. The standard InChI is InChI=1S/C17H33NO/c1-12-10-14(11-13(2)19-12)18-16-9-7-6-8-15(16)17(3,4)5/h12-16,18H,6-11H2,1-5H3. The van der Waals surface area contributed by atoms with Crippen LogP contribution in [0.4, 0.5) is 0 Å². The first-order chi connectivity index (χ1) is 8.86. The predicted octanol–water partition coefficient (Wildman–Crippen LogP) is 4.14. The maximum Gasteiger partial charge on any atom is 0.0565 e. The van der Waals surface area contributed by atoms with Gasteiger partial charge in [-0.25, -0.2) is 0 Å². The van der Waals surface area contributed by atoms with Gasteiger partial charge in [-0.15, -0.1) is 0 Å². The van der Waals surface area contributed by atoms with E-state index < -0.39 is 0 Å². The van der Waals surface area contributed by atoms with Crippen molar-refractivity contribution in [2.45, 2.75) is 97.4 Å². The van der Waals surface area contributed by atoms with E-state index in [1.165, 1.54) is 38.5 Å². The minimum absolute atomic E-state index is 0.415. The molecule has 0 bridgehead atoms. The van der Waals surface area contributed by atoms with Gasteiger partial charge in [0.15, 0.2) is 0 Å². The average Bonchev–Trinajstić information content (AvgIpc) is 2.26. The van der Waals surface area contributed by atoms with Crippen LogP contribution >= 0.6 is 0 Å². The second kappa shape index (κ2) is 6.13. The van der Waals surface area contributed by atoms with Crippen LogP contribution in [0.15, 0.2) is 0 Å². The molecule has 0 amide bonds. The van der Waals surface area contributed by atoms with Gasteiger partial charge in [0.25, 0.3) is 0 Å². The van der Waals surface area contributed by atoms with Gasteiger partial charge in [0.1, 0.15) is 0 Å². The molecule has 1 aliphatic heterocycles. The highest BCUT2D eigenvalue weighted by Gasteiger charge is 2.36. The van der Waals surface area contributed by atoms with Crippen LogP contribution in [0.2, 0.25) is 0 Å². The van der Waals surface area contributed by atoms with Crippen molar-refractivity contribution in [2.24, 2.45) is 11.3 Å². The Morgan fingerprint density at radius 3 is 2.11 bits per heavy atom. The number of ether oxygens (including phenoxy) is 1. The lowest BCUT2D eigenvalue weighted by Crippen LogP contribution is -2.51. The van der Waals surface area contributed by atoms with Crippen LogP contribution in [0.1, 0.15) is 73.1 Å². The van der Waals surface area contributed by atoms with Crippen molar-refractivity contribution >= 4 is 0 Å². The molecule has 2 heteroatoms. The monoisotopic (exact) mass is 267 g/mol. The minimum Gasteiger partial charge on any atom is -0.375 e. The summed E-state index contributed by atoms with van der Waals surface area (Å²) in [6, 6.07) is 1.38. The Morgan fingerprint density at radius 2 is 1.53 bits per heavy atom. The molecule has 1 aliphatic carbocycles. The lowest BCUT2D eigenvalue weighted by Gasteiger charge is -2.44. The van der Waals surface area contributed by atoms with Crippen molar-refractivity contribution in [2.75, 3.05) is 0 Å². The van der Waals surface area contributed by atoms with Gasteiger partial charge < -0.3 is 10.1 Å². The molecule has 0 aromatic carbocycles. The van der Waals surface area contributed by atoms with Crippen LogP contribution in [0.25, 0.3) is 0 Å². The third-order valence-corrected chi connectivity index (χ3v) is 5.03. The highest BCUT2D eigenvalue weighted by Crippen LogP contribution is 2.38. The summed E-state index contributed by atoms with van der Waals surface area (Å²) in [7, 11) is 0. The molecule has 112 valence electrons. The van der Waals surface area contributed by atoms with Crippen molar-refractivity contribution in [3.05, 3.63) is 0 Å². The Hall–Kier alpha value is -0.0800. The van der Waals surface area contributed by atoms with Crippen LogP contribution in [-0.2, 0) is 4.74 Å². The number of rotatable bonds is 2. The maximum absolute atomic E-state index is 5.86. The Morgan fingerprint density at radius 1 is 0.947 bits per heavy atom. The molecule has 0 aromatic rings. The van der Waals surface area contributed by atoms with Gasteiger partial charge >= 0.3 is 0 Å². The highest BCUT2D eigenvalue weighted by molar-refractivity contribution is 4.91. The second-order valence-electron chi connectivity index (χ2n) is 7.96. The van der Waals surface area contributed by atoms with Gasteiger partial charge in [-0.3, -0.25) is 0 Å². The van der Waals surface area contributed by atoms with Crippen molar-refractivity contribution in [3.63, 3.8) is 0 Å². The van der Waals surface area contributed by atoms with Crippen LogP contribution in [0, 0.1) is 11.3 Å². The summed E-state index contributed by atoms with van der Waals surface area (Å²) in [5, 5.41) is 4.00. The van der Waals surface area contributed by atoms with Gasteiger partial charge in [-0.05, 0) is 50.9 Å². The molecule has 2 nitrogen and oxygen atoms in total. The Bertz CT molecular complexity index is 273. The van der Waals surface area contributed by atoms with E-state index in [-0.39, 0.29) is 0 Å². The molecular formula is C17H33NO. The van der Waals surface area contributed by atoms with E-state index in [0.717, 1.165) is 12.0 Å². The Kier molecular flexibility index (Phi) is 4.94. The smallest absolute Gasteiger partial charge is 0.0565 e. The van der Waals surface area contributed by atoms with Crippen LogP contribution < -0.4 is 5.32 Å². The first kappa shape index (κ1) is 15.3. The van der Waals surface area contributed by atoms with Gasteiger partial charge in [-0.1, -0.05) is 33.6 Å². The largest absolute Gasteiger partial charge is 0.375 e. The summed E-state index contributed by atoms with van der Waals surface area (Å²) in [6.45, 7) is 11.7. The van der Waals surface area contributed by atoms with Gasteiger partial charge in [0.05, 0.1) is 12.2 Å². The van der Waals surface area contributed by atoms with Crippen molar-refractivity contribution < 1.29 is 4.74 Å². The molecule has 1 N–H and O–H groups in total. The maximum atomic E-state index is 5.86. The Balaban J connectivity index is 1.95. The molecule has 0 aromatic heterocycles. The molecule has 1 heterocycles. The van der Waals surface area contributed by atoms with E-state index >= 15 is 0 Å². The zero-order chi connectivity index (χ0) is 14.0. The first-order valence-corrected chi connectivity index (χ1v) is 8.27. The fourth-order valence-electron chi connectivity index (χ4n) is 4.21. The van der Waals surface area contributed by atoms with Crippen LogP contribution in [-0.4, -0.2) is 24.3 Å². The third kappa shape index (κ3) is 4.19. The molecule has 2 fully saturated rings. The molecule has 1 saturated carbocycles. The average molecular weight is 267 g/mol. The summed E-state index contributed by atoms with van der Waals surface area (Å²) < 4.78 is 5.86. The first-order valence-electron chi connectivity index (χ1n) is 8.27. The SMILES string of the molecule is CC1CC(NC2CCCCC2C(C)(C)C)CC(C)O1. The van der Waals surface area contributed by atoms with Gasteiger partial charge in [0, 0.05) is 12.1 Å². The van der Waals surface area contributed by atoms with Crippen molar-refractivity contribution in [1.82, 2.24) is 5.32 Å². The van der Waals surface area contributed by atoms with E-state index in [1.54, 1.807) is 0 Å². The summed E-state index contributed by atoms with van der Waals surface area (Å²) in [5.41, 5.74) is 0.431. The van der Waals surface area contributed by atoms with E-state index in [9.17, 15) is 0 Å². The molecule has 0 spiro atoms. The topological polar surface area (TPSA) is 21.3 Å². The number of hydrogen-bond donors (Lipinski definition) is 1. The molecule has 2 aliphatic rings. The van der Waals surface area contributed by atoms with E-state index in [4.69, 9.17) is 4.74 Å². The summed E-state index contributed by atoms with van der Waals surface area (Å²) in [5.74, 6) is 0.828. The van der Waals surface area contributed by atoms with Crippen LogP contribution in [0.3, 0.4) is 0 Å². The van der Waals surface area contributed by atoms with E-state index in [2.05, 4.69) is 39.9 Å².